The van der Waals surface area contributed by atoms with E-state index < -0.39 is 0 Å². The van der Waals surface area contributed by atoms with Gasteiger partial charge in [-0.25, -0.2) is 9.97 Å². The van der Waals surface area contributed by atoms with E-state index in [4.69, 9.17) is 11.6 Å². The average Bonchev–Trinajstić information content (AvgIpc) is 2.96. The van der Waals surface area contributed by atoms with Crippen LogP contribution in [0.1, 0.15) is 17.0 Å². The Kier molecular flexibility index (Phi) is 4.10. The van der Waals surface area contributed by atoms with Crippen molar-refractivity contribution in [1.29, 1.82) is 0 Å². The van der Waals surface area contributed by atoms with Crippen LogP contribution in [0.25, 0.3) is 11.2 Å². The molecule has 3 aromatic heterocycles. The van der Waals surface area contributed by atoms with Crippen LogP contribution in [0.15, 0.2) is 27.5 Å². The molecule has 0 spiro atoms. The molecule has 0 fully saturated rings. The molecule has 0 aliphatic rings. The summed E-state index contributed by atoms with van der Waals surface area (Å²) >= 11 is 11.1. The van der Waals surface area contributed by atoms with E-state index in [1.807, 2.05) is 12.3 Å². The van der Waals surface area contributed by atoms with Crippen molar-refractivity contribution in [2.24, 2.45) is 0 Å². The number of alkyl halides is 1. The predicted octanol–water partition coefficient (Wildman–Crippen LogP) is 4.39. The number of thiophene rings is 1. The normalized spacial score (nSPS) is 11.3. The highest BCUT2D eigenvalue weighted by atomic mass is 79.9. The van der Waals surface area contributed by atoms with E-state index >= 15 is 0 Å². The molecular weight excluding hydrogens is 358 g/mol. The van der Waals surface area contributed by atoms with Gasteiger partial charge in [0.25, 0.3) is 0 Å². The Hall–Kier alpha value is -0.910. The summed E-state index contributed by atoms with van der Waals surface area (Å²) in [4.78, 5) is 9.17. The van der Waals surface area contributed by atoms with Gasteiger partial charge in [-0.3, -0.25) is 0 Å². The number of fused-ring (bicyclic) bond motifs is 1. The van der Waals surface area contributed by atoms with Crippen molar-refractivity contribution in [2.75, 3.05) is 5.88 Å². The Morgan fingerprint density at radius 2 is 2.25 bits per heavy atom. The molecule has 104 valence electrons. The van der Waals surface area contributed by atoms with E-state index in [1.165, 1.54) is 11.1 Å². The van der Waals surface area contributed by atoms with Crippen LogP contribution in [0.3, 0.4) is 0 Å². The van der Waals surface area contributed by atoms with Gasteiger partial charge < -0.3 is 4.57 Å². The number of hydrogen-bond donors (Lipinski definition) is 0. The van der Waals surface area contributed by atoms with E-state index in [2.05, 4.69) is 48.1 Å². The summed E-state index contributed by atoms with van der Waals surface area (Å²) in [6.45, 7) is 2.93. The van der Waals surface area contributed by atoms with Gasteiger partial charge >= 0.3 is 0 Å². The maximum Gasteiger partial charge on any atom is 0.160 e. The molecule has 6 heteroatoms. The third-order valence-corrected chi connectivity index (χ3v) is 4.77. The number of pyridine rings is 1. The fraction of sp³-hybridized carbons (Fsp3) is 0.286. The zero-order chi connectivity index (χ0) is 14.1. The van der Waals surface area contributed by atoms with Gasteiger partial charge in [0.15, 0.2) is 5.65 Å². The Balaban J connectivity index is 2.11. The molecule has 3 heterocycles. The fourth-order valence-corrected chi connectivity index (χ4v) is 3.53. The van der Waals surface area contributed by atoms with Crippen LogP contribution < -0.4 is 0 Å². The summed E-state index contributed by atoms with van der Waals surface area (Å²) < 4.78 is 3.11. The van der Waals surface area contributed by atoms with Crippen LogP contribution in [0.4, 0.5) is 0 Å². The van der Waals surface area contributed by atoms with Gasteiger partial charge in [-0.15, -0.1) is 11.6 Å². The summed E-state index contributed by atoms with van der Waals surface area (Å²) in [5, 5.41) is 4.35. The second-order valence-electron chi connectivity index (χ2n) is 4.63. The molecule has 0 unspecified atom stereocenters. The molecule has 0 aliphatic carbocycles. The smallest absolute Gasteiger partial charge is 0.160 e. The van der Waals surface area contributed by atoms with Gasteiger partial charge in [0.2, 0.25) is 0 Å². The summed E-state index contributed by atoms with van der Waals surface area (Å²) in [7, 11) is 0. The lowest BCUT2D eigenvalue weighted by Gasteiger charge is -2.07. The van der Waals surface area contributed by atoms with E-state index in [-0.39, 0.29) is 0 Å². The van der Waals surface area contributed by atoms with E-state index in [0.717, 1.165) is 34.4 Å². The van der Waals surface area contributed by atoms with Crippen LogP contribution in [0, 0.1) is 6.92 Å². The third kappa shape index (κ3) is 2.62. The van der Waals surface area contributed by atoms with Crippen molar-refractivity contribution in [3.8, 4) is 0 Å². The molecule has 3 nitrogen and oxygen atoms in total. The predicted molar refractivity (Wildman–Crippen MR) is 87.8 cm³/mol. The number of aromatic nitrogens is 3. The van der Waals surface area contributed by atoms with Crippen LogP contribution in [0.5, 0.6) is 0 Å². The highest BCUT2D eigenvalue weighted by molar-refractivity contribution is 9.10. The molecule has 0 bridgehead atoms. The molecule has 0 saturated heterocycles. The Labute approximate surface area is 134 Å². The number of aryl methyl sites for hydroxylation is 2. The molecule has 0 aliphatic heterocycles. The monoisotopic (exact) mass is 369 g/mol. The SMILES string of the molecule is Cc1cscc1Cn1c(CCCl)nc2cc(Br)cnc21. The Morgan fingerprint density at radius 3 is 2.95 bits per heavy atom. The maximum atomic E-state index is 5.90. The van der Waals surface area contributed by atoms with E-state index in [1.54, 1.807) is 11.3 Å². The van der Waals surface area contributed by atoms with Gasteiger partial charge in [0, 0.05) is 23.0 Å². The Morgan fingerprint density at radius 1 is 1.40 bits per heavy atom. The van der Waals surface area contributed by atoms with Gasteiger partial charge in [0.1, 0.15) is 11.3 Å². The van der Waals surface area contributed by atoms with Crippen molar-refractivity contribution in [2.45, 2.75) is 19.9 Å². The summed E-state index contributed by atoms with van der Waals surface area (Å²) in [6, 6.07) is 2.00. The fourth-order valence-electron chi connectivity index (χ4n) is 2.19. The van der Waals surface area contributed by atoms with Crippen LogP contribution in [0.2, 0.25) is 0 Å². The lowest BCUT2D eigenvalue weighted by molar-refractivity contribution is 0.746. The largest absolute Gasteiger partial charge is 0.308 e. The molecule has 0 N–H and O–H groups in total. The molecule has 0 saturated carbocycles. The summed E-state index contributed by atoms with van der Waals surface area (Å²) in [6.07, 6.45) is 2.56. The molecule has 0 radical (unpaired) electrons. The number of imidazole rings is 1. The number of rotatable bonds is 4. The lowest BCUT2D eigenvalue weighted by Crippen LogP contribution is -2.06. The minimum atomic E-state index is 0.563. The molecule has 3 aromatic rings. The molecule has 20 heavy (non-hydrogen) atoms. The zero-order valence-corrected chi connectivity index (χ0v) is 14.1. The molecule has 0 amide bonds. The van der Waals surface area contributed by atoms with Crippen LogP contribution in [-0.2, 0) is 13.0 Å². The van der Waals surface area contributed by atoms with Gasteiger partial charge in [-0.1, -0.05) is 0 Å². The van der Waals surface area contributed by atoms with Crippen LogP contribution in [-0.4, -0.2) is 20.4 Å². The summed E-state index contributed by atoms with van der Waals surface area (Å²) in [5.41, 5.74) is 4.45. The molecular formula is C14H13BrClN3S. The second-order valence-corrected chi connectivity index (χ2v) is 6.67. The first-order chi connectivity index (χ1) is 9.69. The second kappa shape index (κ2) is 5.84. The number of halogens is 2. The van der Waals surface area contributed by atoms with Gasteiger partial charge in [0.05, 0.1) is 6.54 Å². The molecule has 3 rings (SSSR count). The van der Waals surface area contributed by atoms with E-state index in [9.17, 15) is 0 Å². The minimum Gasteiger partial charge on any atom is -0.308 e. The van der Waals surface area contributed by atoms with Crippen molar-refractivity contribution < 1.29 is 0 Å². The third-order valence-electron chi connectivity index (χ3n) is 3.24. The first-order valence-electron chi connectivity index (χ1n) is 6.27. The standard InChI is InChI=1S/C14H13BrClN3S/c1-9-7-20-8-10(9)6-19-13(2-3-16)18-12-4-11(15)5-17-14(12)19/h4-5,7-8H,2-3,6H2,1H3. The van der Waals surface area contributed by atoms with E-state index in [0.29, 0.717) is 5.88 Å². The lowest BCUT2D eigenvalue weighted by atomic mass is 10.2. The average molecular weight is 371 g/mol. The first-order valence-corrected chi connectivity index (χ1v) is 8.54. The highest BCUT2D eigenvalue weighted by Gasteiger charge is 2.13. The quantitative estimate of drug-likeness (QED) is 0.638. The number of nitrogens with zero attached hydrogens (tertiary/aromatic N) is 3. The first kappa shape index (κ1) is 14.0. The maximum absolute atomic E-state index is 5.90. The molecule has 0 atom stereocenters. The van der Waals surface area contributed by atoms with Crippen molar-refractivity contribution >= 4 is 50.0 Å². The highest BCUT2D eigenvalue weighted by Crippen LogP contribution is 2.22. The van der Waals surface area contributed by atoms with Crippen molar-refractivity contribution in [1.82, 2.24) is 14.5 Å². The van der Waals surface area contributed by atoms with Crippen molar-refractivity contribution in [3.05, 3.63) is 44.4 Å². The zero-order valence-electron chi connectivity index (χ0n) is 10.9. The van der Waals surface area contributed by atoms with Gasteiger partial charge in [-0.05, 0) is 50.8 Å². The summed E-state index contributed by atoms with van der Waals surface area (Å²) in [5.74, 6) is 1.55. The Bertz CT molecular complexity index is 750. The van der Waals surface area contributed by atoms with Gasteiger partial charge in [-0.2, -0.15) is 11.3 Å². The number of hydrogen-bond acceptors (Lipinski definition) is 3. The topological polar surface area (TPSA) is 30.7 Å². The van der Waals surface area contributed by atoms with Crippen molar-refractivity contribution in [3.63, 3.8) is 0 Å². The minimum absolute atomic E-state index is 0.563. The van der Waals surface area contributed by atoms with Crippen LogP contribution >= 0.6 is 38.9 Å². The molecule has 0 aromatic carbocycles.